The fraction of sp³-hybridized carbons (Fsp3) is 0.0714. The first-order valence-corrected chi connectivity index (χ1v) is 5.93. The molecule has 19 heavy (non-hydrogen) atoms. The van der Waals surface area contributed by atoms with Crippen LogP contribution in [0.15, 0.2) is 48.9 Å². The van der Waals surface area contributed by atoms with E-state index >= 15 is 0 Å². The molecule has 0 spiro atoms. The molecule has 2 N–H and O–H groups in total. The van der Waals surface area contributed by atoms with Crippen LogP contribution in [0.2, 0.25) is 0 Å². The van der Waals surface area contributed by atoms with Crippen molar-refractivity contribution in [2.45, 2.75) is 6.92 Å². The molecule has 3 rings (SSSR count). The molecule has 0 saturated carbocycles. The van der Waals surface area contributed by atoms with Crippen LogP contribution in [0, 0.1) is 6.92 Å². The Bertz CT molecular complexity index is 700. The maximum absolute atomic E-state index is 5.68. The van der Waals surface area contributed by atoms with Crippen molar-refractivity contribution in [3.8, 4) is 16.9 Å². The fourth-order valence-corrected chi connectivity index (χ4v) is 1.83. The monoisotopic (exact) mass is 251 g/mol. The quantitative estimate of drug-likeness (QED) is 0.709. The largest absolute Gasteiger partial charge is 0.399 e. The van der Waals surface area contributed by atoms with Crippen LogP contribution >= 0.6 is 0 Å². The Labute approximate surface area is 110 Å². The maximum atomic E-state index is 5.68. The molecule has 0 amide bonds. The first kappa shape index (κ1) is 11.4. The molecule has 0 unspecified atom stereocenters. The summed E-state index contributed by atoms with van der Waals surface area (Å²) < 4.78 is 1.71. The highest BCUT2D eigenvalue weighted by atomic mass is 15.3. The highest BCUT2D eigenvalue weighted by Crippen LogP contribution is 2.20. The molecule has 1 aromatic carbocycles. The van der Waals surface area contributed by atoms with Crippen LogP contribution in [0.1, 0.15) is 5.56 Å². The van der Waals surface area contributed by atoms with Gasteiger partial charge in [-0.3, -0.25) is 0 Å². The highest BCUT2D eigenvalue weighted by molar-refractivity contribution is 5.64. The second-order valence-corrected chi connectivity index (χ2v) is 4.39. The van der Waals surface area contributed by atoms with Crippen LogP contribution in [-0.4, -0.2) is 20.0 Å². The maximum Gasteiger partial charge on any atom is 0.175 e. The minimum atomic E-state index is 0.710. The van der Waals surface area contributed by atoms with Crippen LogP contribution in [0.5, 0.6) is 0 Å². The Balaban J connectivity index is 1.97. The number of nitrogen functional groups attached to an aromatic ring is 1. The lowest BCUT2D eigenvalue weighted by Crippen LogP contribution is -1.99. The zero-order valence-corrected chi connectivity index (χ0v) is 10.5. The summed E-state index contributed by atoms with van der Waals surface area (Å²) in [6, 6.07) is 9.63. The summed E-state index contributed by atoms with van der Waals surface area (Å²) in [4.78, 5) is 0. The van der Waals surface area contributed by atoms with E-state index in [9.17, 15) is 0 Å². The van der Waals surface area contributed by atoms with Crippen molar-refractivity contribution in [2.24, 2.45) is 0 Å². The Morgan fingerprint density at radius 2 is 1.84 bits per heavy atom. The molecule has 94 valence electrons. The van der Waals surface area contributed by atoms with Gasteiger partial charge in [-0.05, 0) is 36.2 Å². The van der Waals surface area contributed by atoms with Gasteiger partial charge in [0.25, 0.3) is 0 Å². The minimum absolute atomic E-state index is 0.710. The first-order chi connectivity index (χ1) is 9.22. The molecule has 5 heteroatoms. The predicted molar refractivity (Wildman–Crippen MR) is 73.7 cm³/mol. The van der Waals surface area contributed by atoms with Crippen molar-refractivity contribution in [2.75, 3.05) is 5.73 Å². The minimum Gasteiger partial charge on any atom is -0.399 e. The summed E-state index contributed by atoms with van der Waals surface area (Å²) in [6.45, 7) is 1.97. The average Bonchev–Trinajstić information content (AvgIpc) is 2.89. The van der Waals surface area contributed by atoms with Gasteiger partial charge in [0.15, 0.2) is 5.82 Å². The lowest BCUT2D eigenvalue weighted by atomic mass is 10.1. The number of aromatic nitrogens is 4. The van der Waals surface area contributed by atoms with E-state index in [2.05, 4.69) is 15.3 Å². The third-order valence-corrected chi connectivity index (χ3v) is 2.84. The molecule has 0 atom stereocenters. The summed E-state index contributed by atoms with van der Waals surface area (Å²) in [5.41, 5.74) is 9.57. The zero-order valence-electron chi connectivity index (χ0n) is 10.5. The SMILES string of the molecule is Cc1cnnc(-n2cc(-c3ccc(N)cc3)cn2)c1. The number of hydrogen-bond donors (Lipinski definition) is 1. The van der Waals surface area contributed by atoms with Crippen molar-refractivity contribution in [3.05, 3.63) is 54.5 Å². The third kappa shape index (κ3) is 2.30. The topological polar surface area (TPSA) is 69.6 Å². The van der Waals surface area contributed by atoms with Gasteiger partial charge in [-0.25, -0.2) is 4.68 Å². The highest BCUT2D eigenvalue weighted by Gasteiger charge is 2.04. The van der Waals surface area contributed by atoms with E-state index in [1.165, 1.54) is 0 Å². The van der Waals surface area contributed by atoms with E-state index in [1.54, 1.807) is 17.1 Å². The van der Waals surface area contributed by atoms with Gasteiger partial charge < -0.3 is 5.73 Å². The second kappa shape index (κ2) is 4.53. The van der Waals surface area contributed by atoms with Crippen molar-refractivity contribution >= 4 is 5.69 Å². The molecule has 2 aromatic heterocycles. The summed E-state index contributed by atoms with van der Waals surface area (Å²) in [6.07, 6.45) is 5.44. The molecule has 0 fully saturated rings. The summed E-state index contributed by atoms with van der Waals surface area (Å²) in [5, 5.41) is 12.3. The molecule has 0 radical (unpaired) electrons. The first-order valence-electron chi connectivity index (χ1n) is 5.93. The van der Waals surface area contributed by atoms with E-state index in [0.717, 1.165) is 22.4 Å². The Morgan fingerprint density at radius 3 is 2.58 bits per heavy atom. The number of aryl methyl sites for hydroxylation is 1. The number of nitrogens with two attached hydrogens (primary N) is 1. The van der Waals surface area contributed by atoms with E-state index in [4.69, 9.17) is 5.73 Å². The fourth-order valence-electron chi connectivity index (χ4n) is 1.83. The van der Waals surface area contributed by atoms with E-state index in [1.807, 2.05) is 43.5 Å². The van der Waals surface area contributed by atoms with Crippen LogP contribution in [0.3, 0.4) is 0 Å². The number of rotatable bonds is 2. The van der Waals surface area contributed by atoms with Gasteiger partial charge in [0, 0.05) is 17.4 Å². The van der Waals surface area contributed by atoms with Crippen LogP contribution in [-0.2, 0) is 0 Å². The molecule has 0 aliphatic heterocycles. The van der Waals surface area contributed by atoms with Crippen LogP contribution in [0.25, 0.3) is 16.9 Å². The van der Waals surface area contributed by atoms with E-state index in [0.29, 0.717) is 5.82 Å². The molecule has 0 aliphatic rings. The van der Waals surface area contributed by atoms with Crippen molar-refractivity contribution in [1.29, 1.82) is 0 Å². The van der Waals surface area contributed by atoms with Crippen LogP contribution < -0.4 is 5.73 Å². The normalized spacial score (nSPS) is 10.6. The number of benzene rings is 1. The third-order valence-electron chi connectivity index (χ3n) is 2.84. The number of nitrogens with zero attached hydrogens (tertiary/aromatic N) is 4. The van der Waals surface area contributed by atoms with Crippen molar-refractivity contribution in [3.63, 3.8) is 0 Å². The summed E-state index contributed by atoms with van der Waals surface area (Å²) >= 11 is 0. The van der Waals surface area contributed by atoms with Crippen molar-refractivity contribution in [1.82, 2.24) is 20.0 Å². The standard InChI is InChI=1S/C14H13N5/c1-10-6-14(18-16-7-10)19-9-12(8-17-19)11-2-4-13(15)5-3-11/h2-9H,15H2,1H3. The Hall–Kier alpha value is -2.69. The Kier molecular flexibility index (Phi) is 2.72. The Morgan fingerprint density at radius 1 is 1.05 bits per heavy atom. The molecular weight excluding hydrogens is 238 g/mol. The zero-order chi connectivity index (χ0) is 13.2. The molecule has 0 saturated heterocycles. The predicted octanol–water partition coefficient (Wildman–Crippen LogP) is 2.22. The molecule has 0 aliphatic carbocycles. The van der Waals surface area contributed by atoms with Gasteiger partial charge in [0.1, 0.15) is 0 Å². The molecule has 5 nitrogen and oxygen atoms in total. The second-order valence-electron chi connectivity index (χ2n) is 4.39. The smallest absolute Gasteiger partial charge is 0.175 e. The van der Waals surface area contributed by atoms with Gasteiger partial charge in [0.05, 0.1) is 12.4 Å². The van der Waals surface area contributed by atoms with Gasteiger partial charge in [-0.2, -0.15) is 10.2 Å². The van der Waals surface area contributed by atoms with Gasteiger partial charge in [-0.15, -0.1) is 5.10 Å². The average molecular weight is 251 g/mol. The molecule has 3 aromatic rings. The number of anilines is 1. The van der Waals surface area contributed by atoms with Crippen LogP contribution in [0.4, 0.5) is 5.69 Å². The van der Waals surface area contributed by atoms with Gasteiger partial charge in [-0.1, -0.05) is 12.1 Å². The van der Waals surface area contributed by atoms with E-state index < -0.39 is 0 Å². The van der Waals surface area contributed by atoms with E-state index in [-0.39, 0.29) is 0 Å². The number of hydrogen-bond acceptors (Lipinski definition) is 4. The summed E-state index contributed by atoms with van der Waals surface area (Å²) in [5.74, 6) is 0.710. The molecule has 2 heterocycles. The molecule has 0 bridgehead atoms. The molecular formula is C14H13N5. The summed E-state index contributed by atoms with van der Waals surface area (Å²) in [7, 11) is 0. The van der Waals surface area contributed by atoms with Gasteiger partial charge >= 0.3 is 0 Å². The van der Waals surface area contributed by atoms with Gasteiger partial charge in [0.2, 0.25) is 0 Å². The lowest BCUT2D eigenvalue weighted by Gasteiger charge is -2.00. The lowest BCUT2D eigenvalue weighted by molar-refractivity contribution is 0.810. The van der Waals surface area contributed by atoms with Crippen molar-refractivity contribution < 1.29 is 0 Å².